The van der Waals surface area contributed by atoms with Crippen LogP contribution in [0.5, 0.6) is 0 Å². The Morgan fingerprint density at radius 1 is 0.923 bits per heavy atom. The maximum atomic E-state index is 12.1. The zero-order valence-electron chi connectivity index (χ0n) is 14.3. The molecule has 26 heavy (non-hydrogen) atoms. The molecule has 6 heteroatoms. The molecule has 3 aromatic rings. The van der Waals surface area contributed by atoms with E-state index in [0.717, 1.165) is 11.3 Å². The van der Waals surface area contributed by atoms with E-state index in [0.29, 0.717) is 18.7 Å². The van der Waals surface area contributed by atoms with Gasteiger partial charge in [-0.25, -0.2) is 0 Å². The van der Waals surface area contributed by atoms with Gasteiger partial charge in [0.1, 0.15) is 0 Å². The van der Waals surface area contributed by atoms with E-state index in [2.05, 4.69) is 15.6 Å². The number of aromatic nitrogens is 2. The fraction of sp³-hybridized carbons (Fsp3) is 0.150. The van der Waals surface area contributed by atoms with Crippen LogP contribution in [0.3, 0.4) is 0 Å². The molecule has 0 aliphatic heterocycles. The first-order chi connectivity index (χ1) is 12.7. The summed E-state index contributed by atoms with van der Waals surface area (Å²) < 4.78 is 1.97. The molecule has 0 atom stereocenters. The van der Waals surface area contributed by atoms with Gasteiger partial charge in [-0.15, -0.1) is 0 Å². The Labute approximate surface area is 151 Å². The maximum absolute atomic E-state index is 12.1. The zero-order chi connectivity index (χ0) is 18.2. The Kier molecular flexibility index (Phi) is 5.77. The molecule has 0 spiro atoms. The number of amides is 2. The molecule has 2 aromatic heterocycles. The van der Waals surface area contributed by atoms with E-state index < -0.39 is 0 Å². The number of nitrogens with zero attached hydrogens (tertiary/aromatic N) is 2. The van der Waals surface area contributed by atoms with Crippen LogP contribution in [0.2, 0.25) is 0 Å². The normalized spacial score (nSPS) is 10.3. The lowest BCUT2D eigenvalue weighted by molar-refractivity contribution is -0.121. The van der Waals surface area contributed by atoms with E-state index in [-0.39, 0.29) is 18.2 Å². The summed E-state index contributed by atoms with van der Waals surface area (Å²) in [6.45, 7) is 0.747. The number of pyridine rings is 1. The highest BCUT2D eigenvalue weighted by Crippen LogP contribution is 2.10. The van der Waals surface area contributed by atoms with Crippen molar-refractivity contribution in [1.82, 2.24) is 20.2 Å². The van der Waals surface area contributed by atoms with Crippen molar-refractivity contribution in [2.24, 2.45) is 0 Å². The fourth-order valence-electron chi connectivity index (χ4n) is 2.47. The van der Waals surface area contributed by atoms with Gasteiger partial charge in [-0.05, 0) is 54.1 Å². The molecule has 2 N–H and O–H groups in total. The van der Waals surface area contributed by atoms with Crippen LogP contribution in [-0.2, 0) is 11.3 Å². The van der Waals surface area contributed by atoms with Crippen LogP contribution in [0.4, 0.5) is 0 Å². The van der Waals surface area contributed by atoms with Crippen LogP contribution in [0, 0.1) is 0 Å². The van der Waals surface area contributed by atoms with E-state index in [4.69, 9.17) is 0 Å². The number of hydrogen-bond donors (Lipinski definition) is 2. The summed E-state index contributed by atoms with van der Waals surface area (Å²) in [5.41, 5.74) is 2.54. The second-order valence-electron chi connectivity index (χ2n) is 5.78. The van der Waals surface area contributed by atoms with Crippen LogP contribution in [0.25, 0.3) is 5.69 Å². The minimum absolute atomic E-state index is 0.106. The minimum Gasteiger partial charge on any atom is -0.352 e. The lowest BCUT2D eigenvalue weighted by Gasteiger charge is -2.08. The summed E-state index contributed by atoms with van der Waals surface area (Å²) in [5, 5.41) is 5.58. The van der Waals surface area contributed by atoms with Gasteiger partial charge in [0.15, 0.2) is 0 Å². The van der Waals surface area contributed by atoms with Crippen LogP contribution in [-0.4, -0.2) is 27.9 Å². The lowest BCUT2D eigenvalue weighted by Crippen LogP contribution is -2.30. The van der Waals surface area contributed by atoms with Crippen molar-refractivity contribution < 1.29 is 9.59 Å². The highest BCUT2D eigenvalue weighted by Gasteiger charge is 2.07. The van der Waals surface area contributed by atoms with Crippen LogP contribution >= 0.6 is 0 Å². The predicted molar refractivity (Wildman–Crippen MR) is 98.8 cm³/mol. The third-order valence-corrected chi connectivity index (χ3v) is 3.91. The largest absolute Gasteiger partial charge is 0.352 e. The van der Waals surface area contributed by atoms with Gasteiger partial charge in [0.25, 0.3) is 5.91 Å². The molecular weight excluding hydrogens is 328 g/mol. The second kappa shape index (κ2) is 8.62. The van der Waals surface area contributed by atoms with Gasteiger partial charge in [-0.2, -0.15) is 0 Å². The van der Waals surface area contributed by atoms with Crippen molar-refractivity contribution in [3.63, 3.8) is 0 Å². The van der Waals surface area contributed by atoms with Gasteiger partial charge in [0, 0.05) is 55.5 Å². The standard InChI is InChI=1S/C20H20N4O2/c25-19(23-15-16-7-10-21-11-8-16)9-12-22-20(26)17-3-5-18(6-4-17)24-13-1-2-14-24/h1-8,10-11,13-14H,9,12,15H2,(H,22,26)(H,23,25). The number of nitrogens with one attached hydrogen (secondary N) is 2. The molecule has 0 fully saturated rings. The zero-order valence-corrected chi connectivity index (χ0v) is 14.3. The Morgan fingerprint density at radius 2 is 1.62 bits per heavy atom. The quantitative estimate of drug-likeness (QED) is 0.688. The number of benzene rings is 1. The van der Waals surface area contributed by atoms with E-state index in [1.54, 1.807) is 24.5 Å². The molecule has 132 valence electrons. The summed E-state index contributed by atoms with van der Waals surface area (Å²) in [6, 6.07) is 14.9. The molecule has 3 rings (SSSR count). The first kappa shape index (κ1) is 17.4. The lowest BCUT2D eigenvalue weighted by atomic mass is 10.2. The molecule has 0 saturated carbocycles. The third-order valence-electron chi connectivity index (χ3n) is 3.91. The molecule has 0 unspecified atom stereocenters. The molecule has 0 saturated heterocycles. The SMILES string of the molecule is O=C(CCNC(=O)c1ccc(-n2cccc2)cc1)NCc1ccncc1. The van der Waals surface area contributed by atoms with Gasteiger partial charge in [-0.1, -0.05) is 0 Å². The van der Waals surface area contributed by atoms with Gasteiger partial charge in [0.2, 0.25) is 5.91 Å². The predicted octanol–water partition coefficient (Wildman–Crippen LogP) is 2.31. The molecule has 0 radical (unpaired) electrons. The molecule has 0 aliphatic carbocycles. The molecular formula is C20H20N4O2. The average Bonchev–Trinajstić information content (AvgIpc) is 3.22. The van der Waals surface area contributed by atoms with Crippen LogP contribution in [0.15, 0.2) is 73.3 Å². The monoisotopic (exact) mass is 348 g/mol. The topological polar surface area (TPSA) is 76.0 Å². The Balaban J connectivity index is 1.41. The molecule has 2 heterocycles. The van der Waals surface area contributed by atoms with Crippen LogP contribution < -0.4 is 10.6 Å². The average molecular weight is 348 g/mol. The second-order valence-corrected chi connectivity index (χ2v) is 5.78. The molecule has 2 amide bonds. The molecule has 6 nitrogen and oxygen atoms in total. The molecule has 1 aromatic carbocycles. The summed E-state index contributed by atoms with van der Waals surface area (Å²) in [6.07, 6.45) is 7.49. The van der Waals surface area contributed by atoms with E-state index in [1.807, 2.05) is 53.4 Å². The first-order valence-electron chi connectivity index (χ1n) is 8.39. The summed E-state index contributed by atoms with van der Waals surface area (Å²) >= 11 is 0. The smallest absolute Gasteiger partial charge is 0.251 e. The fourth-order valence-corrected chi connectivity index (χ4v) is 2.47. The van der Waals surface area contributed by atoms with Gasteiger partial charge >= 0.3 is 0 Å². The first-order valence-corrected chi connectivity index (χ1v) is 8.39. The molecule has 0 bridgehead atoms. The van der Waals surface area contributed by atoms with Crippen molar-refractivity contribution in [2.45, 2.75) is 13.0 Å². The van der Waals surface area contributed by atoms with Crippen LogP contribution in [0.1, 0.15) is 22.3 Å². The minimum atomic E-state index is -0.189. The number of carbonyl (C=O) groups excluding carboxylic acids is 2. The van der Waals surface area contributed by atoms with Gasteiger partial charge < -0.3 is 15.2 Å². The number of hydrogen-bond acceptors (Lipinski definition) is 3. The maximum Gasteiger partial charge on any atom is 0.251 e. The summed E-state index contributed by atoms with van der Waals surface area (Å²) in [4.78, 5) is 27.9. The van der Waals surface area contributed by atoms with E-state index in [9.17, 15) is 9.59 Å². The van der Waals surface area contributed by atoms with E-state index in [1.165, 1.54) is 0 Å². The van der Waals surface area contributed by atoms with Crippen molar-refractivity contribution in [1.29, 1.82) is 0 Å². The summed E-state index contributed by atoms with van der Waals surface area (Å²) in [5.74, 6) is -0.295. The highest BCUT2D eigenvalue weighted by atomic mass is 16.2. The summed E-state index contributed by atoms with van der Waals surface area (Å²) in [7, 11) is 0. The number of carbonyl (C=O) groups is 2. The Hall–Kier alpha value is -3.41. The highest BCUT2D eigenvalue weighted by molar-refractivity contribution is 5.94. The van der Waals surface area contributed by atoms with Gasteiger partial charge in [0.05, 0.1) is 0 Å². The van der Waals surface area contributed by atoms with Crippen molar-refractivity contribution in [3.8, 4) is 5.69 Å². The van der Waals surface area contributed by atoms with Crippen molar-refractivity contribution in [2.75, 3.05) is 6.54 Å². The van der Waals surface area contributed by atoms with Crippen molar-refractivity contribution in [3.05, 3.63) is 84.4 Å². The molecule has 0 aliphatic rings. The Morgan fingerprint density at radius 3 is 2.31 bits per heavy atom. The van der Waals surface area contributed by atoms with Crippen molar-refractivity contribution >= 4 is 11.8 Å². The number of rotatable bonds is 7. The van der Waals surface area contributed by atoms with E-state index >= 15 is 0 Å². The third kappa shape index (κ3) is 4.80. The van der Waals surface area contributed by atoms with Gasteiger partial charge in [-0.3, -0.25) is 14.6 Å². The Bertz CT molecular complexity index is 843.